The normalized spacial score (nSPS) is 13.4. The van der Waals surface area contributed by atoms with Crippen LogP contribution in [0.5, 0.6) is 0 Å². The van der Waals surface area contributed by atoms with Gasteiger partial charge in [0, 0.05) is 16.2 Å². The maximum atomic E-state index is 12.6. The van der Waals surface area contributed by atoms with Gasteiger partial charge < -0.3 is 5.11 Å². The molecule has 1 N–H and O–H groups in total. The van der Waals surface area contributed by atoms with Gasteiger partial charge in [-0.05, 0) is 36.2 Å². The molecule has 0 amide bonds. The first kappa shape index (κ1) is 15.1. The Bertz CT molecular complexity index is 574. The van der Waals surface area contributed by atoms with E-state index in [1.807, 2.05) is 19.1 Å². The molecule has 2 rings (SSSR count). The fourth-order valence-electron chi connectivity index (χ4n) is 1.95. The Kier molecular flexibility index (Phi) is 4.50. The minimum atomic E-state index is -4.38. The van der Waals surface area contributed by atoms with E-state index in [9.17, 15) is 18.3 Å². The lowest BCUT2D eigenvalue weighted by Crippen LogP contribution is -2.07. The highest BCUT2D eigenvalue weighted by molar-refractivity contribution is 7.11. The van der Waals surface area contributed by atoms with Crippen LogP contribution in [0.15, 0.2) is 36.4 Å². The van der Waals surface area contributed by atoms with E-state index in [0.29, 0.717) is 12.0 Å². The summed E-state index contributed by atoms with van der Waals surface area (Å²) in [4.78, 5) is 2.18. The fraction of sp³-hybridized carbons (Fsp3) is 0.333. The maximum Gasteiger partial charge on any atom is 0.416 e. The summed E-state index contributed by atoms with van der Waals surface area (Å²) in [6, 6.07) is 8.77. The molecule has 0 fully saturated rings. The fourth-order valence-corrected chi connectivity index (χ4v) is 2.95. The Hall–Kier alpha value is -1.33. The van der Waals surface area contributed by atoms with E-state index in [4.69, 9.17) is 0 Å². The molecular weight excluding hydrogens is 285 g/mol. The lowest BCUT2D eigenvalue weighted by atomic mass is 10.0. The second-order valence-electron chi connectivity index (χ2n) is 4.56. The van der Waals surface area contributed by atoms with E-state index in [0.717, 1.165) is 23.4 Å². The van der Waals surface area contributed by atoms with Gasteiger partial charge in [-0.25, -0.2) is 0 Å². The number of hydrogen-bond donors (Lipinski definition) is 1. The van der Waals surface area contributed by atoms with Crippen LogP contribution in [0, 0.1) is 0 Å². The van der Waals surface area contributed by atoms with Crippen LogP contribution in [-0.2, 0) is 19.0 Å². The zero-order valence-corrected chi connectivity index (χ0v) is 11.8. The van der Waals surface area contributed by atoms with Gasteiger partial charge in [0.15, 0.2) is 0 Å². The number of benzene rings is 1. The Labute approximate surface area is 119 Å². The molecule has 1 heterocycles. The Balaban J connectivity index is 2.14. The van der Waals surface area contributed by atoms with Crippen molar-refractivity contribution in [1.29, 1.82) is 0 Å². The standard InChI is InChI=1S/C15H15F3OS/c1-2-12-6-7-13(20-12)9-14(19)10-4-3-5-11(8-10)15(16,17)18/h3-8,14,19H,2,9H2,1H3. The molecular formula is C15H15F3OS. The molecule has 108 valence electrons. The van der Waals surface area contributed by atoms with Gasteiger partial charge in [0.25, 0.3) is 0 Å². The van der Waals surface area contributed by atoms with Crippen LogP contribution < -0.4 is 0 Å². The van der Waals surface area contributed by atoms with Crippen molar-refractivity contribution in [3.63, 3.8) is 0 Å². The Morgan fingerprint density at radius 3 is 2.45 bits per heavy atom. The zero-order valence-electron chi connectivity index (χ0n) is 10.9. The third-order valence-electron chi connectivity index (χ3n) is 3.06. The number of alkyl halides is 3. The lowest BCUT2D eigenvalue weighted by molar-refractivity contribution is -0.137. The summed E-state index contributed by atoms with van der Waals surface area (Å²) >= 11 is 1.58. The van der Waals surface area contributed by atoms with Crippen molar-refractivity contribution >= 4 is 11.3 Å². The topological polar surface area (TPSA) is 20.2 Å². The zero-order chi connectivity index (χ0) is 14.8. The van der Waals surface area contributed by atoms with E-state index in [1.165, 1.54) is 17.0 Å². The molecule has 0 bridgehead atoms. The summed E-state index contributed by atoms with van der Waals surface area (Å²) < 4.78 is 37.9. The predicted molar refractivity (Wildman–Crippen MR) is 73.8 cm³/mol. The number of aryl methyl sites for hydroxylation is 1. The minimum absolute atomic E-state index is 0.297. The van der Waals surface area contributed by atoms with Gasteiger partial charge in [-0.15, -0.1) is 11.3 Å². The second kappa shape index (κ2) is 5.97. The van der Waals surface area contributed by atoms with E-state index < -0.39 is 17.8 Å². The molecule has 1 aromatic heterocycles. The van der Waals surface area contributed by atoms with Gasteiger partial charge >= 0.3 is 6.18 Å². The smallest absolute Gasteiger partial charge is 0.388 e. The Morgan fingerprint density at radius 1 is 1.15 bits per heavy atom. The molecule has 0 radical (unpaired) electrons. The van der Waals surface area contributed by atoms with Gasteiger partial charge in [0.1, 0.15) is 0 Å². The van der Waals surface area contributed by atoms with E-state index >= 15 is 0 Å². The highest BCUT2D eigenvalue weighted by atomic mass is 32.1. The number of halogens is 3. The van der Waals surface area contributed by atoms with Crippen molar-refractivity contribution in [2.75, 3.05) is 0 Å². The van der Waals surface area contributed by atoms with Crippen molar-refractivity contribution in [2.24, 2.45) is 0 Å². The summed E-state index contributed by atoms with van der Waals surface area (Å²) in [6.07, 6.45) is -4.04. The molecule has 0 saturated heterocycles. The SMILES string of the molecule is CCc1ccc(CC(O)c2cccc(C(F)(F)F)c2)s1. The molecule has 0 aliphatic carbocycles. The quantitative estimate of drug-likeness (QED) is 0.874. The number of aliphatic hydroxyl groups is 1. The molecule has 0 spiro atoms. The molecule has 1 nitrogen and oxygen atoms in total. The molecule has 20 heavy (non-hydrogen) atoms. The first-order valence-corrected chi connectivity index (χ1v) is 7.14. The van der Waals surface area contributed by atoms with E-state index in [-0.39, 0.29) is 0 Å². The monoisotopic (exact) mass is 300 g/mol. The summed E-state index contributed by atoms with van der Waals surface area (Å²) in [6.45, 7) is 2.04. The number of aliphatic hydroxyl groups excluding tert-OH is 1. The lowest BCUT2D eigenvalue weighted by Gasteiger charge is -2.13. The van der Waals surface area contributed by atoms with Crippen molar-refractivity contribution < 1.29 is 18.3 Å². The number of hydrogen-bond acceptors (Lipinski definition) is 2. The van der Waals surface area contributed by atoms with Crippen LogP contribution in [0.1, 0.15) is 33.9 Å². The van der Waals surface area contributed by atoms with Crippen molar-refractivity contribution in [1.82, 2.24) is 0 Å². The Morgan fingerprint density at radius 2 is 1.85 bits per heavy atom. The van der Waals surface area contributed by atoms with Gasteiger partial charge in [-0.1, -0.05) is 19.1 Å². The van der Waals surface area contributed by atoms with Crippen molar-refractivity contribution in [3.05, 3.63) is 57.3 Å². The average molecular weight is 300 g/mol. The van der Waals surface area contributed by atoms with E-state index in [2.05, 4.69) is 0 Å². The maximum absolute atomic E-state index is 12.6. The first-order chi connectivity index (χ1) is 9.40. The van der Waals surface area contributed by atoms with Crippen LogP contribution in [-0.4, -0.2) is 5.11 Å². The molecule has 5 heteroatoms. The van der Waals surface area contributed by atoms with Gasteiger partial charge in [-0.3, -0.25) is 0 Å². The van der Waals surface area contributed by atoms with E-state index in [1.54, 1.807) is 11.3 Å². The third kappa shape index (κ3) is 3.61. The molecule has 2 aromatic rings. The predicted octanol–water partition coefficient (Wildman–Crippen LogP) is 4.61. The van der Waals surface area contributed by atoms with Crippen LogP contribution in [0.25, 0.3) is 0 Å². The van der Waals surface area contributed by atoms with Crippen molar-refractivity contribution in [2.45, 2.75) is 32.0 Å². The van der Waals surface area contributed by atoms with Crippen LogP contribution in [0.3, 0.4) is 0 Å². The minimum Gasteiger partial charge on any atom is -0.388 e. The molecule has 0 aliphatic rings. The van der Waals surface area contributed by atoms with Crippen LogP contribution in [0.4, 0.5) is 13.2 Å². The van der Waals surface area contributed by atoms with Crippen molar-refractivity contribution in [3.8, 4) is 0 Å². The average Bonchev–Trinajstić information content (AvgIpc) is 2.85. The molecule has 0 saturated carbocycles. The molecule has 1 atom stereocenters. The van der Waals surface area contributed by atoms with Gasteiger partial charge in [0.2, 0.25) is 0 Å². The van der Waals surface area contributed by atoms with Gasteiger partial charge in [-0.2, -0.15) is 13.2 Å². The second-order valence-corrected chi connectivity index (χ2v) is 5.82. The van der Waals surface area contributed by atoms with Crippen LogP contribution >= 0.6 is 11.3 Å². The van der Waals surface area contributed by atoms with Gasteiger partial charge in [0.05, 0.1) is 11.7 Å². The summed E-state index contributed by atoms with van der Waals surface area (Å²) in [7, 11) is 0. The third-order valence-corrected chi connectivity index (χ3v) is 4.31. The highest BCUT2D eigenvalue weighted by Gasteiger charge is 2.30. The highest BCUT2D eigenvalue weighted by Crippen LogP contribution is 2.32. The van der Waals surface area contributed by atoms with Crippen LogP contribution in [0.2, 0.25) is 0 Å². The number of rotatable bonds is 4. The summed E-state index contributed by atoms with van der Waals surface area (Å²) in [5.74, 6) is 0. The number of thiophene rings is 1. The first-order valence-electron chi connectivity index (χ1n) is 6.33. The molecule has 0 aliphatic heterocycles. The summed E-state index contributed by atoms with van der Waals surface area (Å²) in [5.41, 5.74) is -0.430. The largest absolute Gasteiger partial charge is 0.416 e. The molecule has 1 aromatic carbocycles. The molecule has 1 unspecified atom stereocenters. The summed E-state index contributed by atoms with van der Waals surface area (Å²) in [5, 5.41) is 10.1.